The Hall–Kier alpha value is -0.610. The maximum Gasteiger partial charge on any atom is 0.322 e. The molecule has 0 saturated carbocycles. The van der Waals surface area contributed by atoms with Crippen molar-refractivity contribution in [2.45, 2.75) is 25.3 Å². The van der Waals surface area contributed by atoms with E-state index in [1.165, 1.54) is 7.11 Å². The second kappa shape index (κ2) is 4.94. The van der Waals surface area contributed by atoms with Crippen LogP contribution in [0.15, 0.2) is 0 Å². The summed E-state index contributed by atoms with van der Waals surface area (Å²) in [5.41, 5.74) is 0. The van der Waals surface area contributed by atoms with Gasteiger partial charge in [0.05, 0.1) is 7.11 Å². The normalized spacial score (nSPS) is 32.9. The molecule has 2 atom stereocenters. The number of methoxy groups -OCH3 is 1. The zero-order valence-electron chi connectivity index (χ0n) is 9.20. The quantitative estimate of drug-likeness (QED) is 0.681. The van der Waals surface area contributed by atoms with Gasteiger partial charge in [0.25, 0.3) is 0 Å². The van der Waals surface area contributed by atoms with Gasteiger partial charge in [0.2, 0.25) is 0 Å². The van der Waals surface area contributed by atoms with Crippen LogP contribution in [0.1, 0.15) is 19.3 Å². The summed E-state index contributed by atoms with van der Waals surface area (Å²) < 4.78 is 10.1. The van der Waals surface area contributed by atoms with Crippen LogP contribution in [0.3, 0.4) is 0 Å². The van der Waals surface area contributed by atoms with Gasteiger partial charge in [-0.2, -0.15) is 0 Å². The number of hydrogen-bond acceptors (Lipinski definition) is 4. The molecular formula is C11H19NO3. The number of ether oxygens (including phenoxy) is 2. The second-order valence-corrected chi connectivity index (χ2v) is 4.43. The number of carbonyl (C=O) groups excluding carboxylic acids is 1. The fraction of sp³-hybridized carbons (Fsp3) is 0.909. The first kappa shape index (κ1) is 10.9. The smallest absolute Gasteiger partial charge is 0.322 e. The molecule has 86 valence electrons. The summed E-state index contributed by atoms with van der Waals surface area (Å²) in [6, 6.07) is -0.0807. The number of esters is 1. The molecule has 0 bridgehead atoms. The van der Waals surface area contributed by atoms with Crippen LogP contribution in [0.25, 0.3) is 0 Å². The molecule has 1 N–H and O–H groups in total. The maximum atomic E-state index is 11.3. The van der Waals surface area contributed by atoms with Crippen molar-refractivity contribution in [1.82, 2.24) is 5.32 Å². The molecule has 4 nitrogen and oxygen atoms in total. The van der Waals surface area contributed by atoms with Gasteiger partial charge >= 0.3 is 5.97 Å². The van der Waals surface area contributed by atoms with E-state index in [9.17, 15) is 4.79 Å². The number of hydrogen-bond donors (Lipinski definition) is 1. The first-order valence-electron chi connectivity index (χ1n) is 5.70. The van der Waals surface area contributed by atoms with Crippen LogP contribution in [0, 0.1) is 11.8 Å². The fourth-order valence-electron chi connectivity index (χ4n) is 2.63. The molecule has 2 heterocycles. The molecule has 0 spiro atoms. The molecule has 2 saturated heterocycles. The Labute approximate surface area is 90.3 Å². The van der Waals surface area contributed by atoms with Gasteiger partial charge in [0, 0.05) is 13.2 Å². The molecular weight excluding hydrogens is 194 g/mol. The first-order valence-corrected chi connectivity index (χ1v) is 5.70. The van der Waals surface area contributed by atoms with Gasteiger partial charge in [-0.3, -0.25) is 4.79 Å². The van der Waals surface area contributed by atoms with E-state index in [4.69, 9.17) is 9.47 Å². The largest absolute Gasteiger partial charge is 0.468 e. The third kappa shape index (κ3) is 2.49. The van der Waals surface area contributed by atoms with E-state index in [-0.39, 0.29) is 12.0 Å². The predicted molar refractivity (Wildman–Crippen MR) is 55.5 cm³/mol. The molecule has 0 aromatic rings. The van der Waals surface area contributed by atoms with Gasteiger partial charge in [-0.1, -0.05) is 0 Å². The van der Waals surface area contributed by atoms with Crippen LogP contribution in [-0.2, 0) is 14.3 Å². The van der Waals surface area contributed by atoms with Crippen LogP contribution < -0.4 is 5.32 Å². The lowest BCUT2D eigenvalue weighted by atomic mass is 9.84. The Kier molecular flexibility index (Phi) is 3.59. The lowest BCUT2D eigenvalue weighted by Crippen LogP contribution is -2.31. The summed E-state index contributed by atoms with van der Waals surface area (Å²) in [6.45, 7) is 2.71. The Morgan fingerprint density at radius 2 is 2.07 bits per heavy atom. The molecule has 2 rings (SSSR count). The molecule has 2 fully saturated rings. The summed E-state index contributed by atoms with van der Waals surface area (Å²) >= 11 is 0. The highest BCUT2D eigenvalue weighted by Gasteiger charge is 2.34. The Morgan fingerprint density at radius 1 is 1.33 bits per heavy atom. The van der Waals surface area contributed by atoms with Crippen molar-refractivity contribution in [3.8, 4) is 0 Å². The summed E-state index contributed by atoms with van der Waals surface area (Å²) in [7, 11) is 1.45. The van der Waals surface area contributed by atoms with Gasteiger partial charge in [0.1, 0.15) is 6.04 Å². The standard InChI is InChI=1S/C11H19NO3/c1-14-11(13)10-6-9(7-12-10)8-2-4-15-5-3-8/h8-10,12H,2-7H2,1H3. The molecule has 2 aliphatic rings. The van der Waals surface area contributed by atoms with Crippen LogP contribution in [-0.4, -0.2) is 38.9 Å². The lowest BCUT2D eigenvalue weighted by Gasteiger charge is -2.26. The predicted octanol–water partition coefficient (Wildman–Crippen LogP) is 0.564. The van der Waals surface area contributed by atoms with Gasteiger partial charge in [0.15, 0.2) is 0 Å². The molecule has 0 amide bonds. The average Bonchev–Trinajstić information content (AvgIpc) is 2.78. The highest BCUT2D eigenvalue weighted by atomic mass is 16.5. The zero-order chi connectivity index (χ0) is 10.7. The van der Waals surface area contributed by atoms with E-state index in [0.717, 1.165) is 44.9 Å². The van der Waals surface area contributed by atoms with Crippen LogP contribution >= 0.6 is 0 Å². The Bertz CT molecular complexity index is 226. The van der Waals surface area contributed by atoms with Crippen LogP contribution in [0.2, 0.25) is 0 Å². The van der Waals surface area contributed by atoms with Gasteiger partial charge in [-0.25, -0.2) is 0 Å². The third-order valence-corrected chi connectivity index (χ3v) is 3.58. The maximum absolute atomic E-state index is 11.3. The van der Waals surface area contributed by atoms with E-state index in [0.29, 0.717) is 5.92 Å². The SMILES string of the molecule is COC(=O)C1CC(C2CCOCC2)CN1. The van der Waals surface area contributed by atoms with Crippen molar-refractivity contribution in [3.05, 3.63) is 0 Å². The minimum absolute atomic E-state index is 0.0807. The molecule has 0 aromatic heterocycles. The van der Waals surface area contributed by atoms with Crippen molar-refractivity contribution >= 4 is 5.97 Å². The van der Waals surface area contributed by atoms with Gasteiger partial charge in [-0.05, 0) is 37.6 Å². The van der Waals surface area contributed by atoms with Crippen LogP contribution in [0.5, 0.6) is 0 Å². The second-order valence-electron chi connectivity index (χ2n) is 4.43. The van der Waals surface area contributed by atoms with E-state index < -0.39 is 0 Å². The lowest BCUT2D eigenvalue weighted by molar-refractivity contribution is -0.142. The number of nitrogens with one attached hydrogen (secondary N) is 1. The third-order valence-electron chi connectivity index (χ3n) is 3.58. The van der Waals surface area contributed by atoms with Crippen molar-refractivity contribution in [1.29, 1.82) is 0 Å². The molecule has 2 unspecified atom stereocenters. The summed E-state index contributed by atoms with van der Waals surface area (Å²) in [5.74, 6) is 1.23. The monoisotopic (exact) mass is 213 g/mol. The summed E-state index contributed by atoms with van der Waals surface area (Å²) in [6.07, 6.45) is 3.21. The Morgan fingerprint density at radius 3 is 2.73 bits per heavy atom. The summed E-state index contributed by atoms with van der Waals surface area (Å²) in [5, 5.41) is 3.24. The Balaban J connectivity index is 1.83. The minimum atomic E-state index is -0.121. The zero-order valence-corrected chi connectivity index (χ0v) is 9.20. The van der Waals surface area contributed by atoms with Crippen molar-refractivity contribution < 1.29 is 14.3 Å². The first-order chi connectivity index (χ1) is 7.31. The molecule has 0 radical (unpaired) electrons. The number of rotatable bonds is 2. The van der Waals surface area contributed by atoms with E-state index in [1.807, 2.05) is 0 Å². The average molecular weight is 213 g/mol. The molecule has 0 aliphatic carbocycles. The minimum Gasteiger partial charge on any atom is -0.468 e. The van der Waals surface area contributed by atoms with E-state index >= 15 is 0 Å². The molecule has 4 heteroatoms. The fourth-order valence-corrected chi connectivity index (χ4v) is 2.63. The van der Waals surface area contributed by atoms with Crippen molar-refractivity contribution in [3.63, 3.8) is 0 Å². The van der Waals surface area contributed by atoms with E-state index in [1.54, 1.807) is 0 Å². The van der Waals surface area contributed by atoms with Crippen molar-refractivity contribution in [2.24, 2.45) is 11.8 Å². The molecule has 0 aromatic carbocycles. The van der Waals surface area contributed by atoms with Crippen LogP contribution in [0.4, 0.5) is 0 Å². The summed E-state index contributed by atoms with van der Waals surface area (Å²) in [4.78, 5) is 11.3. The van der Waals surface area contributed by atoms with Gasteiger partial charge < -0.3 is 14.8 Å². The molecule has 2 aliphatic heterocycles. The highest BCUT2D eigenvalue weighted by molar-refractivity contribution is 5.76. The van der Waals surface area contributed by atoms with Gasteiger partial charge in [-0.15, -0.1) is 0 Å². The number of carbonyl (C=O) groups is 1. The molecule has 15 heavy (non-hydrogen) atoms. The van der Waals surface area contributed by atoms with E-state index in [2.05, 4.69) is 5.32 Å². The highest BCUT2D eigenvalue weighted by Crippen LogP contribution is 2.30. The van der Waals surface area contributed by atoms with Crippen molar-refractivity contribution in [2.75, 3.05) is 26.9 Å². The topological polar surface area (TPSA) is 47.6 Å².